The van der Waals surface area contributed by atoms with Crippen LogP contribution in [0, 0.1) is 0 Å². The van der Waals surface area contributed by atoms with Gasteiger partial charge in [-0.25, -0.2) is 0 Å². The fraction of sp³-hybridized carbons (Fsp3) is 0.375. The van der Waals surface area contributed by atoms with Crippen molar-refractivity contribution in [3.8, 4) is 0 Å². The molecule has 3 N–H and O–H groups in total. The topological polar surface area (TPSA) is 49.5 Å². The number of halogens is 1. The molecule has 1 heterocycles. The molecule has 0 bridgehead atoms. The van der Waals surface area contributed by atoms with Crippen LogP contribution in [0.2, 0.25) is 4.34 Å². The maximum absolute atomic E-state index is 9.39. The lowest BCUT2D eigenvalue weighted by Gasteiger charge is -2.33. The van der Waals surface area contributed by atoms with E-state index in [1.165, 1.54) is 5.56 Å². The number of nitrogens with zero attached hydrogens (tertiary/aromatic N) is 1. The molecular formula is C16H21ClN2OS. The van der Waals surface area contributed by atoms with Gasteiger partial charge < -0.3 is 10.8 Å². The molecule has 1 aromatic heterocycles. The molecule has 114 valence electrons. The molecule has 21 heavy (non-hydrogen) atoms. The second-order valence-corrected chi connectivity index (χ2v) is 6.87. The molecule has 0 fully saturated rings. The first kappa shape index (κ1) is 16.5. The zero-order valence-corrected chi connectivity index (χ0v) is 13.6. The van der Waals surface area contributed by atoms with Crippen molar-refractivity contribution in [2.24, 2.45) is 5.73 Å². The first-order valence-corrected chi connectivity index (χ1v) is 8.21. The Bertz CT molecular complexity index is 544. The molecule has 0 aliphatic heterocycles. The van der Waals surface area contributed by atoms with Crippen molar-refractivity contribution in [1.82, 2.24) is 4.90 Å². The molecule has 2 unspecified atom stereocenters. The van der Waals surface area contributed by atoms with Gasteiger partial charge in [-0.15, -0.1) is 11.3 Å². The molecule has 0 saturated heterocycles. The van der Waals surface area contributed by atoms with Crippen LogP contribution in [-0.4, -0.2) is 29.2 Å². The molecule has 0 aliphatic rings. The summed E-state index contributed by atoms with van der Waals surface area (Å²) in [5.74, 6) is 0. The van der Waals surface area contributed by atoms with E-state index in [1.54, 1.807) is 11.3 Å². The fourth-order valence-corrected chi connectivity index (χ4v) is 3.83. The predicted molar refractivity (Wildman–Crippen MR) is 89.7 cm³/mol. The van der Waals surface area contributed by atoms with Gasteiger partial charge in [-0.2, -0.15) is 0 Å². The SMILES string of the molecule is CC(N)C(c1ccc(Cl)s1)N(CCO)Cc1ccccc1. The van der Waals surface area contributed by atoms with E-state index in [9.17, 15) is 5.11 Å². The maximum atomic E-state index is 9.39. The molecule has 0 amide bonds. The largest absolute Gasteiger partial charge is 0.395 e. The number of hydrogen-bond acceptors (Lipinski definition) is 4. The average Bonchev–Trinajstić information content (AvgIpc) is 2.86. The van der Waals surface area contributed by atoms with E-state index in [0.717, 1.165) is 15.8 Å². The quantitative estimate of drug-likeness (QED) is 0.821. The first-order valence-electron chi connectivity index (χ1n) is 7.01. The van der Waals surface area contributed by atoms with E-state index in [-0.39, 0.29) is 18.7 Å². The van der Waals surface area contributed by atoms with Crippen molar-refractivity contribution in [1.29, 1.82) is 0 Å². The van der Waals surface area contributed by atoms with Crippen molar-refractivity contribution in [3.63, 3.8) is 0 Å². The lowest BCUT2D eigenvalue weighted by Crippen LogP contribution is -2.40. The van der Waals surface area contributed by atoms with Gasteiger partial charge in [0.1, 0.15) is 0 Å². The lowest BCUT2D eigenvalue weighted by molar-refractivity contribution is 0.131. The number of rotatable bonds is 7. The Morgan fingerprint density at radius 3 is 2.48 bits per heavy atom. The van der Waals surface area contributed by atoms with E-state index < -0.39 is 0 Å². The second-order valence-electron chi connectivity index (χ2n) is 5.13. The Kier molecular flexibility index (Phi) is 6.21. The molecule has 0 aliphatic carbocycles. The molecular weight excluding hydrogens is 304 g/mol. The van der Waals surface area contributed by atoms with Crippen LogP contribution in [0.5, 0.6) is 0 Å². The van der Waals surface area contributed by atoms with E-state index in [2.05, 4.69) is 17.0 Å². The number of benzene rings is 1. The first-order chi connectivity index (χ1) is 10.1. The third-order valence-electron chi connectivity index (χ3n) is 3.39. The van der Waals surface area contributed by atoms with Crippen LogP contribution in [0.15, 0.2) is 42.5 Å². The Balaban J connectivity index is 2.24. The number of nitrogens with two attached hydrogens (primary N) is 1. The van der Waals surface area contributed by atoms with Gasteiger partial charge in [0.05, 0.1) is 17.0 Å². The highest BCUT2D eigenvalue weighted by Crippen LogP contribution is 2.33. The minimum absolute atomic E-state index is 0.0463. The average molecular weight is 325 g/mol. The lowest BCUT2D eigenvalue weighted by atomic mass is 10.1. The van der Waals surface area contributed by atoms with Crippen LogP contribution in [0.25, 0.3) is 0 Å². The Hall–Kier alpha value is -0.910. The summed E-state index contributed by atoms with van der Waals surface area (Å²) in [5.41, 5.74) is 7.41. The fourth-order valence-electron chi connectivity index (χ4n) is 2.52. The highest BCUT2D eigenvalue weighted by atomic mass is 35.5. The minimum atomic E-state index is -0.0463. The van der Waals surface area contributed by atoms with Gasteiger partial charge in [-0.3, -0.25) is 4.90 Å². The molecule has 0 saturated carbocycles. The Labute approximate surface area is 135 Å². The summed E-state index contributed by atoms with van der Waals surface area (Å²) in [4.78, 5) is 3.35. The molecule has 5 heteroatoms. The van der Waals surface area contributed by atoms with E-state index in [0.29, 0.717) is 6.54 Å². The van der Waals surface area contributed by atoms with Crippen molar-refractivity contribution in [2.75, 3.05) is 13.2 Å². The molecule has 2 aromatic rings. The van der Waals surface area contributed by atoms with Crippen molar-refractivity contribution in [2.45, 2.75) is 25.6 Å². The van der Waals surface area contributed by atoms with Gasteiger partial charge in [0.15, 0.2) is 0 Å². The number of thiophene rings is 1. The summed E-state index contributed by atoms with van der Waals surface area (Å²) in [5, 5.41) is 9.39. The van der Waals surface area contributed by atoms with Crippen LogP contribution in [-0.2, 0) is 6.54 Å². The molecule has 3 nitrogen and oxygen atoms in total. The van der Waals surface area contributed by atoms with Gasteiger partial charge in [0.25, 0.3) is 0 Å². The summed E-state index contributed by atoms with van der Waals surface area (Å²) < 4.78 is 0.763. The highest BCUT2D eigenvalue weighted by Gasteiger charge is 2.25. The summed E-state index contributed by atoms with van der Waals surface area (Å²) in [6.07, 6.45) is 0. The van der Waals surface area contributed by atoms with Crippen LogP contribution >= 0.6 is 22.9 Å². The number of aliphatic hydroxyl groups is 1. The van der Waals surface area contributed by atoms with Crippen LogP contribution in [0.3, 0.4) is 0 Å². The van der Waals surface area contributed by atoms with E-state index in [4.69, 9.17) is 17.3 Å². The third-order valence-corrected chi connectivity index (χ3v) is 4.69. The zero-order chi connectivity index (χ0) is 15.2. The predicted octanol–water partition coefficient (Wildman–Crippen LogP) is 3.28. The van der Waals surface area contributed by atoms with Gasteiger partial charge in [0, 0.05) is 24.0 Å². The summed E-state index contributed by atoms with van der Waals surface area (Å²) >= 11 is 7.61. The minimum Gasteiger partial charge on any atom is -0.395 e. The molecule has 2 atom stereocenters. The van der Waals surface area contributed by atoms with Crippen LogP contribution in [0.4, 0.5) is 0 Å². The zero-order valence-electron chi connectivity index (χ0n) is 12.1. The van der Waals surface area contributed by atoms with Crippen LogP contribution < -0.4 is 5.73 Å². The number of aliphatic hydroxyl groups excluding tert-OH is 1. The monoisotopic (exact) mass is 324 g/mol. The third kappa shape index (κ3) is 4.53. The Morgan fingerprint density at radius 2 is 1.95 bits per heavy atom. The standard InChI is InChI=1S/C16H21ClN2OS/c1-12(18)16(14-7-8-15(17)21-14)19(9-10-20)11-13-5-3-2-4-6-13/h2-8,12,16,20H,9-11,18H2,1H3. The van der Waals surface area contributed by atoms with Gasteiger partial charge in [0.2, 0.25) is 0 Å². The Morgan fingerprint density at radius 1 is 1.24 bits per heavy atom. The van der Waals surface area contributed by atoms with Crippen molar-refractivity contribution < 1.29 is 5.11 Å². The van der Waals surface area contributed by atoms with Crippen LogP contribution in [0.1, 0.15) is 23.4 Å². The molecule has 0 radical (unpaired) electrons. The molecule has 2 rings (SSSR count). The highest BCUT2D eigenvalue weighted by molar-refractivity contribution is 7.16. The summed E-state index contributed by atoms with van der Waals surface area (Å²) in [6, 6.07) is 14.2. The maximum Gasteiger partial charge on any atom is 0.0931 e. The van der Waals surface area contributed by atoms with Gasteiger partial charge in [-0.05, 0) is 24.6 Å². The molecule has 0 spiro atoms. The molecule has 1 aromatic carbocycles. The summed E-state index contributed by atoms with van der Waals surface area (Å²) in [7, 11) is 0. The van der Waals surface area contributed by atoms with Crippen molar-refractivity contribution in [3.05, 3.63) is 57.2 Å². The van der Waals surface area contributed by atoms with Crippen molar-refractivity contribution >= 4 is 22.9 Å². The van der Waals surface area contributed by atoms with Gasteiger partial charge >= 0.3 is 0 Å². The van der Waals surface area contributed by atoms with E-state index in [1.807, 2.05) is 37.3 Å². The second kappa shape index (κ2) is 7.92. The summed E-state index contributed by atoms with van der Waals surface area (Å²) in [6.45, 7) is 3.43. The normalized spacial score (nSPS) is 14.3. The van der Waals surface area contributed by atoms with Gasteiger partial charge in [-0.1, -0.05) is 41.9 Å². The smallest absolute Gasteiger partial charge is 0.0931 e. The number of hydrogen-bond donors (Lipinski definition) is 2. The van der Waals surface area contributed by atoms with E-state index >= 15 is 0 Å².